The fourth-order valence-electron chi connectivity index (χ4n) is 3.97. The van der Waals surface area contributed by atoms with Gasteiger partial charge in [-0.2, -0.15) is 0 Å². The third-order valence-corrected chi connectivity index (χ3v) is 7.62. The summed E-state index contributed by atoms with van der Waals surface area (Å²) in [5.74, 6) is -0.784. The van der Waals surface area contributed by atoms with Crippen molar-refractivity contribution in [1.29, 1.82) is 0 Å². The molecular formula is C24H27N3O6S. The highest BCUT2D eigenvalue weighted by atomic mass is 32.2. The number of carbonyl (C=O) groups is 2. The van der Waals surface area contributed by atoms with E-state index in [4.69, 9.17) is 9.47 Å². The van der Waals surface area contributed by atoms with Crippen LogP contribution in [-0.4, -0.2) is 66.0 Å². The minimum Gasteiger partial charge on any atom is -0.465 e. The number of nitrogens with one attached hydrogen (secondary N) is 1. The number of carbonyl (C=O) groups excluding carboxylic acids is 2. The normalized spacial score (nSPS) is 17.7. The van der Waals surface area contributed by atoms with Gasteiger partial charge < -0.3 is 19.7 Å². The number of benzene rings is 2. The van der Waals surface area contributed by atoms with E-state index in [1.165, 1.54) is 17.5 Å². The first-order valence-electron chi connectivity index (χ1n) is 11.0. The van der Waals surface area contributed by atoms with Gasteiger partial charge in [0.25, 0.3) is 0 Å². The van der Waals surface area contributed by atoms with Crippen molar-refractivity contribution in [3.63, 3.8) is 0 Å². The molecule has 10 heteroatoms. The van der Waals surface area contributed by atoms with E-state index in [0.29, 0.717) is 37.6 Å². The SMILES string of the molecule is COC(=O)c1cc(N2CCOCC2)ccc1NC(=O)/C=C/c1ccc(N2CCCS2(=O)=O)cc1. The van der Waals surface area contributed by atoms with E-state index in [9.17, 15) is 18.0 Å². The minimum absolute atomic E-state index is 0.163. The molecule has 0 radical (unpaired) electrons. The number of ether oxygens (including phenoxy) is 2. The summed E-state index contributed by atoms with van der Waals surface area (Å²) in [6, 6.07) is 12.2. The molecule has 0 bridgehead atoms. The number of hydrogen-bond donors (Lipinski definition) is 1. The predicted octanol–water partition coefficient (Wildman–Crippen LogP) is 2.50. The molecule has 0 aromatic heterocycles. The Bertz CT molecular complexity index is 1190. The maximum atomic E-state index is 12.5. The second kappa shape index (κ2) is 10.3. The van der Waals surface area contributed by atoms with E-state index < -0.39 is 21.9 Å². The Morgan fingerprint density at radius 3 is 2.38 bits per heavy atom. The number of anilines is 3. The summed E-state index contributed by atoms with van der Waals surface area (Å²) in [5.41, 5.74) is 2.84. The van der Waals surface area contributed by atoms with Gasteiger partial charge >= 0.3 is 5.97 Å². The van der Waals surface area contributed by atoms with Crippen LogP contribution in [0.2, 0.25) is 0 Å². The summed E-state index contributed by atoms with van der Waals surface area (Å²) in [5, 5.41) is 2.74. The van der Waals surface area contributed by atoms with Crippen LogP contribution >= 0.6 is 0 Å². The van der Waals surface area contributed by atoms with Crippen LogP contribution in [0.15, 0.2) is 48.5 Å². The fraction of sp³-hybridized carbons (Fsp3) is 0.333. The summed E-state index contributed by atoms with van der Waals surface area (Å²) in [7, 11) is -1.94. The van der Waals surface area contributed by atoms with Gasteiger partial charge in [-0.1, -0.05) is 12.1 Å². The second-order valence-corrected chi connectivity index (χ2v) is 9.99. The first-order chi connectivity index (χ1) is 16.4. The number of hydrogen-bond acceptors (Lipinski definition) is 7. The monoisotopic (exact) mass is 485 g/mol. The zero-order chi connectivity index (χ0) is 24.1. The number of amides is 1. The molecule has 2 fully saturated rings. The van der Waals surface area contributed by atoms with Gasteiger partial charge in [-0.15, -0.1) is 0 Å². The molecule has 9 nitrogen and oxygen atoms in total. The van der Waals surface area contributed by atoms with E-state index >= 15 is 0 Å². The smallest absolute Gasteiger partial charge is 0.340 e. The highest BCUT2D eigenvalue weighted by molar-refractivity contribution is 7.93. The number of morpholine rings is 1. The van der Waals surface area contributed by atoms with Crippen LogP contribution in [-0.2, 0) is 24.3 Å². The van der Waals surface area contributed by atoms with Crippen molar-refractivity contribution in [2.24, 2.45) is 0 Å². The number of rotatable bonds is 6. The molecule has 180 valence electrons. The van der Waals surface area contributed by atoms with Crippen LogP contribution in [0.1, 0.15) is 22.3 Å². The average Bonchev–Trinajstić information content (AvgIpc) is 3.22. The highest BCUT2D eigenvalue weighted by Gasteiger charge is 2.28. The topological polar surface area (TPSA) is 105 Å². The Labute approximate surface area is 199 Å². The molecule has 2 aliphatic rings. The summed E-state index contributed by atoms with van der Waals surface area (Å²) in [6.45, 7) is 3.15. The summed E-state index contributed by atoms with van der Waals surface area (Å²) >= 11 is 0. The lowest BCUT2D eigenvalue weighted by Crippen LogP contribution is -2.36. The Morgan fingerprint density at radius 2 is 1.74 bits per heavy atom. The van der Waals surface area contributed by atoms with E-state index in [2.05, 4.69) is 10.2 Å². The van der Waals surface area contributed by atoms with E-state index in [0.717, 1.165) is 24.3 Å². The van der Waals surface area contributed by atoms with Gasteiger partial charge in [-0.05, 0) is 48.4 Å². The zero-order valence-corrected chi connectivity index (χ0v) is 19.7. The van der Waals surface area contributed by atoms with Gasteiger partial charge in [0.2, 0.25) is 15.9 Å². The minimum atomic E-state index is -3.23. The number of sulfonamides is 1. The van der Waals surface area contributed by atoms with E-state index in [1.54, 1.807) is 42.5 Å². The molecule has 2 aromatic rings. The molecule has 2 saturated heterocycles. The van der Waals surface area contributed by atoms with Gasteiger partial charge in [0, 0.05) is 31.4 Å². The largest absolute Gasteiger partial charge is 0.465 e. The molecule has 0 saturated carbocycles. The lowest BCUT2D eigenvalue weighted by atomic mass is 10.1. The first kappa shape index (κ1) is 23.8. The van der Waals surface area contributed by atoms with E-state index in [-0.39, 0.29) is 11.3 Å². The van der Waals surface area contributed by atoms with Crippen molar-refractivity contribution in [1.82, 2.24) is 0 Å². The molecule has 1 N–H and O–H groups in total. The van der Waals surface area contributed by atoms with Gasteiger partial charge in [0.05, 0.1) is 43.0 Å². The lowest BCUT2D eigenvalue weighted by Gasteiger charge is -2.29. The molecule has 1 amide bonds. The predicted molar refractivity (Wildman–Crippen MR) is 131 cm³/mol. The standard InChI is InChI=1S/C24H27N3O6S/c1-32-24(29)21-17-20(26-12-14-33-15-13-26)8-9-22(21)25-23(28)10-5-18-3-6-19(7-4-18)27-11-2-16-34(27,30)31/h3-10,17H,2,11-16H2,1H3,(H,25,28)/b10-5+. The van der Waals surface area contributed by atoms with Crippen molar-refractivity contribution in [2.75, 3.05) is 60.2 Å². The van der Waals surface area contributed by atoms with Crippen LogP contribution in [0.3, 0.4) is 0 Å². The first-order valence-corrected chi connectivity index (χ1v) is 12.6. The van der Waals surface area contributed by atoms with E-state index in [1.807, 2.05) is 6.07 Å². The molecule has 0 spiro atoms. The third-order valence-electron chi connectivity index (χ3n) is 5.75. The average molecular weight is 486 g/mol. The van der Waals surface area contributed by atoms with Gasteiger partial charge in [-0.25, -0.2) is 13.2 Å². The Morgan fingerprint density at radius 1 is 1.03 bits per heavy atom. The summed E-state index contributed by atoms with van der Waals surface area (Å²) in [4.78, 5) is 27.0. The highest BCUT2D eigenvalue weighted by Crippen LogP contribution is 2.26. The van der Waals surface area contributed by atoms with Crippen molar-refractivity contribution in [3.8, 4) is 0 Å². The Balaban J connectivity index is 1.45. The molecule has 0 atom stereocenters. The van der Waals surface area contributed by atoms with Crippen LogP contribution in [0.25, 0.3) is 6.08 Å². The number of methoxy groups -OCH3 is 1. The van der Waals surface area contributed by atoms with Crippen LogP contribution in [0.4, 0.5) is 17.1 Å². The summed E-state index contributed by atoms with van der Waals surface area (Å²) < 4.78 is 35.8. The quantitative estimate of drug-likeness (QED) is 0.495. The van der Waals surface area contributed by atoms with Gasteiger partial charge in [0.15, 0.2) is 0 Å². The molecular weight excluding hydrogens is 458 g/mol. The number of esters is 1. The van der Waals surface area contributed by atoms with Crippen molar-refractivity contribution >= 4 is 45.0 Å². The third kappa shape index (κ3) is 5.40. The maximum absolute atomic E-state index is 12.5. The van der Waals surface area contributed by atoms with Gasteiger partial charge in [0.1, 0.15) is 0 Å². The van der Waals surface area contributed by atoms with Crippen molar-refractivity contribution < 1.29 is 27.5 Å². The van der Waals surface area contributed by atoms with Crippen molar-refractivity contribution in [3.05, 3.63) is 59.7 Å². The number of nitrogens with zero attached hydrogens (tertiary/aromatic N) is 2. The summed E-state index contributed by atoms with van der Waals surface area (Å²) in [6.07, 6.45) is 3.60. The van der Waals surface area contributed by atoms with Crippen LogP contribution < -0.4 is 14.5 Å². The fourth-order valence-corrected chi connectivity index (χ4v) is 5.53. The van der Waals surface area contributed by atoms with Crippen LogP contribution in [0, 0.1) is 0 Å². The molecule has 4 rings (SSSR count). The molecule has 0 aliphatic carbocycles. The molecule has 2 heterocycles. The second-order valence-electron chi connectivity index (χ2n) is 7.98. The maximum Gasteiger partial charge on any atom is 0.340 e. The molecule has 0 unspecified atom stereocenters. The Kier molecular flexibility index (Phi) is 7.18. The van der Waals surface area contributed by atoms with Crippen LogP contribution in [0.5, 0.6) is 0 Å². The molecule has 2 aromatic carbocycles. The molecule has 34 heavy (non-hydrogen) atoms. The van der Waals surface area contributed by atoms with Gasteiger partial charge in [-0.3, -0.25) is 9.10 Å². The van der Waals surface area contributed by atoms with Crippen molar-refractivity contribution in [2.45, 2.75) is 6.42 Å². The zero-order valence-electron chi connectivity index (χ0n) is 18.9. The molecule has 2 aliphatic heterocycles. The Hall–Kier alpha value is -3.37. The lowest BCUT2D eigenvalue weighted by molar-refractivity contribution is -0.111.